The van der Waals surface area contributed by atoms with E-state index in [1.54, 1.807) is 33.1 Å². The predicted octanol–water partition coefficient (Wildman–Crippen LogP) is 1.63. The summed E-state index contributed by atoms with van der Waals surface area (Å²) < 4.78 is 6.63. The third kappa shape index (κ3) is 2.61. The Morgan fingerprint density at radius 2 is 1.95 bits per heavy atom. The molecule has 0 saturated heterocycles. The molecule has 2 aromatic rings. The molecule has 0 aliphatic carbocycles. The molecule has 20 heavy (non-hydrogen) atoms. The summed E-state index contributed by atoms with van der Waals surface area (Å²) in [6.07, 6.45) is 0. The van der Waals surface area contributed by atoms with E-state index >= 15 is 0 Å². The van der Waals surface area contributed by atoms with Crippen LogP contribution in [0, 0.1) is 5.92 Å². The van der Waals surface area contributed by atoms with Crippen LogP contribution in [-0.4, -0.2) is 38.4 Å². The Labute approximate surface area is 116 Å². The number of benzene rings is 1. The molecule has 2 rings (SSSR count). The van der Waals surface area contributed by atoms with Gasteiger partial charge in [-0.25, -0.2) is 4.68 Å². The zero-order valence-corrected chi connectivity index (χ0v) is 11.5. The maximum atomic E-state index is 11.1. The molecule has 7 nitrogen and oxygen atoms in total. The first-order valence-corrected chi connectivity index (χ1v) is 6.19. The fourth-order valence-electron chi connectivity index (χ4n) is 1.82. The van der Waals surface area contributed by atoms with Crippen LogP contribution in [0.1, 0.15) is 19.9 Å². The van der Waals surface area contributed by atoms with Gasteiger partial charge >= 0.3 is 5.97 Å². The average molecular weight is 276 g/mol. The maximum absolute atomic E-state index is 11.1. The molecule has 1 heterocycles. The van der Waals surface area contributed by atoms with E-state index in [1.807, 2.05) is 12.1 Å². The standard InChI is InChI=1S/C13H16N4O3/c1-8(13(18)19)9(2)17-12(14-15-16-17)10-4-6-11(20-3)7-5-10/h4-9H,1-3H3,(H,18,19). The largest absolute Gasteiger partial charge is 0.497 e. The van der Waals surface area contributed by atoms with Crippen molar-refractivity contribution in [1.82, 2.24) is 20.2 Å². The Morgan fingerprint density at radius 3 is 2.50 bits per heavy atom. The Balaban J connectivity index is 2.34. The number of hydrogen-bond acceptors (Lipinski definition) is 5. The number of carboxylic acid groups (broad SMARTS) is 1. The van der Waals surface area contributed by atoms with Crippen molar-refractivity contribution in [3.8, 4) is 17.1 Å². The molecule has 0 saturated carbocycles. The first kappa shape index (κ1) is 14.0. The van der Waals surface area contributed by atoms with Crippen LogP contribution in [0.15, 0.2) is 24.3 Å². The lowest BCUT2D eigenvalue weighted by Gasteiger charge is -2.17. The summed E-state index contributed by atoms with van der Waals surface area (Å²) in [7, 11) is 1.59. The van der Waals surface area contributed by atoms with Crippen molar-refractivity contribution in [3.05, 3.63) is 24.3 Å². The number of ether oxygens (including phenoxy) is 1. The van der Waals surface area contributed by atoms with Crippen molar-refractivity contribution in [2.45, 2.75) is 19.9 Å². The molecule has 0 fully saturated rings. The van der Waals surface area contributed by atoms with Crippen LogP contribution in [0.4, 0.5) is 0 Å². The third-order valence-corrected chi connectivity index (χ3v) is 3.34. The van der Waals surface area contributed by atoms with Gasteiger partial charge in [-0.3, -0.25) is 4.79 Å². The monoisotopic (exact) mass is 276 g/mol. The van der Waals surface area contributed by atoms with Gasteiger partial charge in [0.25, 0.3) is 0 Å². The van der Waals surface area contributed by atoms with Gasteiger partial charge in [0.1, 0.15) is 5.75 Å². The normalized spacial score (nSPS) is 13.8. The maximum Gasteiger partial charge on any atom is 0.308 e. The van der Waals surface area contributed by atoms with E-state index in [9.17, 15) is 4.79 Å². The number of carboxylic acids is 1. The van der Waals surface area contributed by atoms with E-state index in [1.165, 1.54) is 4.68 Å². The number of methoxy groups -OCH3 is 1. The van der Waals surface area contributed by atoms with Crippen molar-refractivity contribution in [1.29, 1.82) is 0 Å². The van der Waals surface area contributed by atoms with Gasteiger partial charge < -0.3 is 9.84 Å². The molecule has 0 amide bonds. The summed E-state index contributed by atoms with van der Waals surface area (Å²) in [6.45, 7) is 3.41. The van der Waals surface area contributed by atoms with E-state index in [4.69, 9.17) is 9.84 Å². The first-order chi connectivity index (χ1) is 9.54. The van der Waals surface area contributed by atoms with E-state index in [0.29, 0.717) is 5.82 Å². The van der Waals surface area contributed by atoms with Crippen LogP contribution in [-0.2, 0) is 4.79 Å². The number of tetrazole rings is 1. The average Bonchev–Trinajstić information content (AvgIpc) is 2.95. The van der Waals surface area contributed by atoms with Crippen LogP contribution in [0.5, 0.6) is 5.75 Å². The minimum atomic E-state index is -0.881. The Morgan fingerprint density at radius 1 is 1.30 bits per heavy atom. The van der Waals surface area contributed by atoms with E-state index < -0.39 is 11.9 Å². The summed E-state index contributed by atoms with van der Waals surface area (Å²) in [6, 6.07) is 6.93. The lowest BCUT2D eigenvalue weighted by atomic mass is 10.0. The molecule has 2 unspecified atom stereocenters. The van der Waals surface area contributed by atoms with Gasteiger partial charge in [0.15, 0.2) is 5.82 Å². The van der Waals surface area contributed by atoms with Crippen molar-refractivity contribution < 1.29 is 14.6 Å². The molecular weight excluding hydrogens is 260 g/mol. The molecule has 0 radical (unpaired) electrons. The number of rotatable bonds is 5. The van der Waals surface area contributed by atoms with Gasteiger partial charge in [-0.05, 0) is 48.5 Å². The van der Waals surface area contributed by atoms with Crippen molar-refractivity contribution in [2.75, 3.05) is 7.11 Å². The summed E-state index contributed by atoms with van der Waals surface area (Å²) in [5, 5.41) is 20.6. The molecule has 1 aromatic carbocycles. The molecule has 2 atom stereocenters. The van der Waals surface area contributed by atoms with Crippen LogP contribution < -0.4 is 4.74 Å². The lowest BCUT2D eigenvalue weighted by Crippen LogP contribution is -2.23. The molecule has 1 aromatic heterocycles. The first-order valence-electron chi connectivity index (χ1n) is 6.19. The lowest BCUT2D eigenvalue weighted by molar-refractivity contribution is -0.142. The van der Waals surface area contributed by atoms with Gasteiger partial charge in [-0.15, -0.1) is 5.10 Å². The summed E-state index contributed by atoms with van der Waals surface area (Å²) >= 11 is 0. The van der Waals surface area contributed by atoms with Gasteiger partial charge in [0.05, 0.1) is 19.1 Å². The highest BCUT2D eigenvalue weighted by Crippen LogP contribution is 2.25. The van der Waals surface area contributed by atoms with Crippen LogP contribution >= 0.6 is 0 Å². The second kappa shape index (κ2) is 5.68. The SMILES string of the molecule is COc1ccc(-c2nnnn2C(C)C(C)C(=O)O)cc1. The second-order valence-electron chi connectivity index (χ2n) is 4.54. The van der Waals surface area contributed by atoms with E-state index in [-0.39, 0.29) is 6.04 Å². The predicted molar refractivity (Wildman–Crippen MR) is 71.3 cm³/mol. The topological polar surface area (TPSA) is 90.1 Å². The molecular formula is C13H16N4O3. The van der Waals surface area contributed by atoms with Crippen LogP contribution in [0.3, 0.4) is 0 Å². The quantitative estimate of drug-likeness (QED) is 0.892. The Hall–Kier alpha value is -2.44. The molecule has 0 spiro atoms. The third-order valence-electron chi connectivity index (χ3n) is 3.34. The van der Waals surface area contributed by atoms with Crippen molar-refractivity contribution >= 4 is 5.97 Å². The molecule has 7 heteroatoms. The fourth-order valence-corrected chi connectivity index (χ4v) is 1.82. The van der Waals surface area contributed by atoms with Gasteiger partial charge in [-0.1, -0.05) is 0 Å². The molecule has 0 aliphatic heterocycles. The number of aromatic nitrogens is 4. The van der Waals surface area contributed by atoms with Crippen molar-refractivity contribution in [2.24, 2.45) is 5.92 Å². The summed E-state index contributed by atoms with van der Waals surface area (Å²) in [5.74, 6) is -0.197. The van der Waals surface area contributed by atoms with Gasteiger partial charge in [0.2, 0.25) is 0 Å². The molecule has 1 N–H and O–H groups in total. The summed E-state index contributed by atoms with van der Waals surface area (Å²) in [4.78, 5) is 11.1. The summed E-state index contributed by atoms with van der Waals surface area (Å²) in [5.41, 5.74) is 0.806. The van der Waals surface area contributed by atoms with Crippen LogP contribution in [0.25, 0.3) is 11.4 Å². The Kier molecular flexibility index (Phi) is 3.97. The smallest absolute Gasteiger partial charge is 0.308 e. The number of hydrogen-bond donors (Lipinski definition) is 1. The fraction of sp³-hybridized carbons (Fsp3) is 0.385. The highest BCUT2D eigenvalue weighted by Gasteiger charge is 2.24. The minimum absolute atomic E-state index is 0.348. The molecule has 0 bridgehead atoms. The Bertz CT molecular complexity index is 594. The minimum Gasteiger partial charge on any atom is -0.497 e. The number of aliphatic carboxylic acids is 1. The van der Waals surface area contributed by atoms with E-state index in [2.05, 4.69) is 15.5 Å². The van der Waals surface area contributed by atoms with Gasteiger partial charge in [-0.2, -0.15) is 0 Å². The molecule has 106 valence electrons. The number of carbonyl (C=O) groups is 1. The van der Waals surface area contributed by atoms with Gasteiger partial charge in [0, 0.05) is 5.56 Å². The zero-order chi connectivity index (χ0) is 14.7. The second-order valence-corrected chi connectivity index (χ2v) is 4.54. The zero-order valence-electron chi connectivity index (χ0n) is 11.5. The van der Waals surface area contributed by atoms with Crippen molar-refractivity contribution in [3.63, 3.8) is 0 Å². The highest BCUT2D eigenvalue weighted by atomic mass is 16.5. The van der Waals surface area contributed by atoms with Crippen LogP contribution in [0.2, 0.25) is 0 Å². The highest BCUT2D eigenvalue weighted by molar-refractivity contribution is 5.70. The number of nitrogens with zero attached hydrogens (tertiary/aromatic N) is 4. The van der Waals surface area contributed by atoms with E-state index in [0.717, 1.165) is 11.3 Å². The molecule has 0 aliphatic rings.